The van der Waals surface area contributed by atoms with Crippen molar-refractivity contribution in [2.45, 2.75) is 69.7 Å². The minimum Gasteiger partial charge on any atom is -0.481 e. The highest BCUT2D eigenvalue weighted by molar-refractivity contribution is 5.66. The van der Waals surface area contributed by atoms with Crippen molar-refractivity contribution in [1.82, 2.24) is 9.80 Å². The zero-order chi connectivity index (χ0) is 29.9. The van der Waals surface area contributed by atoms with E-state index in [1.54, 1.807) is 0 Å². The van der Waals surface area contributed by atoms with E-state index in [4.69, 9.17) is 5.11 Å². The van der Waals surface area contributed by atoms with Gasteiger partial charge in [-0.25, -0.2) is 0 Å². The summed E-state index contributed by atoms with van der Waals surface area (Å²) in [7, 11) is 0. The van der Waals surface area contributed by atoms with Crippen molar-refractivity contribution in [3.63, 3.8) is 0 Å². The predicted octanol–water partition coefficient (Wildman–Crippen LogP) is 5.06. The number of benzene rings is 1. The van der Waals surface area contributed by atoms with Crippen LogP contribution in [0.2, 0.25) is 0 Å². The molecule has 1 spiro atoms. The van der Waals surface area contributed by atoms with E-state index in [0.717, 1.165) is 17.0 Å². The lowest BCUT2D eigenvalue weighted by Gasteiger charge is -2.41. The highest BCUT2D eigenvalue weighted by Gasteiger charge is 2.59. The van der Waals surface area contributed by atoms with Crippen molar-refractivity contribution < 1.29 is 59.3 Å². The number of aliphatic carboxylic acids is 1. The molecule has 2 saturated heterocycles. The van der Waals surface area contributed by atoms with E-state index in [2.05, 4.69) is 10.1 Å². The number of nitrogens with one attached hydrogen (secondary N) is 1. The molecule has 2 fully saturated rings. The molecule has 0 aliphatic carbocycles. The van der Waals surface area contributed by atoms with Gasteiger partial charge in [0, 0.05) is 44.8 Å². The van der Waals surface area contributed by atoms with Crippen LogP contribution in [-0.2, 0) is 22.3 Å². The van der Waals surface area contributed by atoms with Gasteiger partial charge in [0.2, 0.25) is 6.41 Å². The normalized spacial score (nSPS) is 19.9. The number of rotatable bonds is 10. The molecular weight excluding hydrogens is 565 g/mol. The van der Waals surface area contributed by atoms with Gasteiger partial charge in [-0.05, 0) is 55.3 Å². The Morgan fingerprint density at radius 3 is 2.15 bits per heavy atom. The van der Waals surface area contributed by atoms with Crippen LogP contribution in [-0.4, -0.2) is 83.6 Å². The zero-order valence-corrected chi connectivity index (χ0v) is 21.2. The van der Waals surface area contributed by atoms with Gasteiger partial charge in [0.25, 0.3) is 6.10 Å². The van der Waals surface area contributed by atoms with Crippen LogP contribution in [0, 0.1) is 5.41 Å². The lowest BCUT2D eigenvalue weighted by atomic mass is 9.78. The molecule has 228 valence electrons. The lowest BCUT2D eigenvalue weighted by Crippen LogP contribution is -2.53. The Labute approximate surface area is 223 Å². The van der Waals surface area contributed by atoms with Crippen molar-refractivity contribution in [2.75, 3.05) is 38.0 Å². The van der Waals surface area contributed by atoms with Gasteiger partial charge in [0.05, 0.1) is 5.56 Å². The van der Waals surface area contributed by atoms with Crippen LogP contribution < -0.4 is 5.32 Å². The number of halogens is 9. The number of hydrogen-bond donors (Lipinski definition) is 3. The molecule has 0 aromatic heterocycles. The number of hydrogen-bond acceptors (Lipinski definition) is 6. The number of aliphatic hydroxyl groups excluding tert-OH is 1. The van der Waals surface area contributed by atoms with E-state index in [9.17, 15) is 49.4 Å². The molecule has 0 amide bonds. The molecule has 0 saturated carbocycles. The molecule has 7 nitrogen and oxygen atoms in total. The van der Waals surface area contributed by atoms with Crippen LogP contribution in [0.4, 0.5) is 45.2 Å². The molecule has 16 heteroatoms. The predicted molar refractivity (Wildman–Crippen MR) is 123 cm³/mol. The summed E-state index contributed by atoms with van der Waals surface area (Å²) in [6.07, 6.45) is -21.2. The van der Waals surface area contributed by atoms with Gasteiger partial charge in [-0.3, -0.25) is 14.6 Å². The van der Waals surface area contributed by atoms with Gasteiger partial charge in [-0.1, -0.05) is 6.07 Å². The molecule has 1 atom stereocenters. The summed E-state index contributed by atoms with van der Waals surface area (Å²) in [6, 6.07) is 3.27. The Kier molecular flexibility index (Phi) is 9.90. The van der Waals surface area contributed by atoms with Gasteiger partial charge < -0.3 is 20.3 Å². The summed E-state index contributed by atoms with van der Waals surface area (Å²) in [4.78, 5) is 13.7. The molecule has 0 bridgehead atoms. The monoisotopic (exact) mass is 595 g/mol. The quantitative estimate of drug-likeness (QED) is 0.198. The second-order valence-electron chi connectivity index (χ2n) is 10.2. The second-order valence-corrected chi connectivity index (χ2v) is 10.2. The van der Waals surface area contributed by atoms with Gasteiger partial charge in [0.1, 0.15) is 0 Å². The van der Waals surface area contributed by atoms with E-state index in [-0.39, 0.29) is 50.1 Å². The van der Waals surface area contributed by atoms with Crippen molar-refractivity contribution in [3.05, 3.63) is 29.3 Å². The maximum absolute atomic E-state index is 13.3. The van der Waals surface area contributed by atoms with Crippen molar-refractivity contribution >= 4 is 11.7 Å². The molecular formula is C24H30F9N3O4. The Bertz CT molecular complexity index is 995. The van der Waals surface area contributed by atoms with Gasteiger partial charge >= 0.3 is 24.5 Å². The van der Waals surface area contributed by atoms with Crippen LogP contribution in [0.25, 0.3) is 0 Å². The minimum atomic E-state index is -5.75. The molecule has 0 radical (unpaired) electrons. The Hall–Kier alpha value is -2.30. The third-order valence-electron chi connectivity index (χ3n) is 7.25. The number of carbonyl (C=O) groups is 1. The zero-order valence-electron chi connectivity index (χ0n) is 21.2. The summed E-state index contributed by atoms with van der Waals surface area (Å²) in [6.45, 7) is 1.46. The number of carboxylic acid groups (broad SMARTS) is 1. The van der Waals surface area contributed by atoms with Crippen LogP contribution in [0.15, 0.2) is 18.2 Å². The summed E-state index contributed by atoms with van der Waals surface area (Å²) in [5, 5.41) is 21.6. The van der Waals surface area contributed by atoms with Crippen molar-refractivity contribution in [2.24, 2.45) is 5.41 Å². The van der Waals surface area contributed by atoms with Crippen LogP contribution in [0.1, 0.15) is 43.2 Å². The van der Waals surface area contributed by atoms with E-state index in [1.807, 2.05) is 4.90 Å². The third kappa shape index (κ3) is 8.60. The fourth-order valence-electron chi connectivity index (χ4n) is 5.10. The summed E-state index contributed by atoms with van der Waals surface area (Å²) in [5.41, 5.74) is -0.404. The van der Waals surface area contributed by atoms with Crippen LogP contribution in [0.5, 0.6) is 0 Å². The first kappa shape index (κ1) is 32.2. The summed E-state index contributed by atoms with van der Waals surface area (Å²) < 4.78 is 120. The van der Waals surface area contributed by atoms with Crippen molar-refractivity contribution in [3.8, 4) is 0 Å². The molecule has 3 rings (SSSR count). The van der Waals surface area contributed by atoms with Crippen molar-refractivity contribution in [1.29, 1.82) is 0 Å². The maximum atomic E-state index is 13.3. The first-order valence-corrected chi connectivity index (χ1v) is 12.5. The van der Waals surface area contributed by atoms with E-state index >= 15 is 0 Å². The number of nitrogens with zero attached hydrogens (tertiary/aromatic N) is 2. The first-order valence-electron chi connectivity index (χ1n) is 12.5. The molecule has 1 aromatic rings. The van der Waals surface area contributed by atoms with Gasteiger partial charge in [0.15, 0.2) is 0 Å². The first-order chi connectivity index (χ1) is 18.4. The van der Waals surface area contributed by atoms with E-state index in [0.29, 0.717) is 37.9 Å². The smallest absolute Gasteiger partial charge is 0.423 e. The number of carboxylic acids is 1. The van der Waals surface area contributed by atoms with Crippen LogP contribution >= 0.6 is 0 Å². The molecule has 1 unspecified atom stereocenters. The fourth-order valence-corrected chi connectivity index (χ4v) is 5.10. The molecule has 1 aromatic carbocycles. The molecule has 40 heavy (non-hydrogen) atoms. The number of alkyl halides is 9. The Morgan fingerprint density at radius 2 is 1.60 bits per heavy atom. The third-order valence-corrected chi connectivity index (χ3v) is 7.25. The topological polar surface area (TPSA) is 85.3 Å². The van der Waals surface area contributed by atoms with Gasteiger partial charge in [-0.15, -0.1) is 0 Å². The second kappa shape index (κ2) is 12.3. The van der Waals surface area contributed by atoms with E-state index in [1.165, 1.54) is 6.07 Å². The number of likely N-dealkylation sites (tertiary alicyclic amines) is 2. The number of piperidine rings is 1. The minimum absolute atomic E-state index is 0.00585. The highest BCUT2D eigenvalue weighted by Crippen LogP contribution is 2.43. The average Bonchev–Trinajstić information content (AvgIpc) is 3.20. The molecule has 2 aliphatic heterocycles. The fraction of sp³-hybridized carbons (Fsp3) is 0.708. The Morgan fingerprint density at radius 1 is 1.00 bits per heavy atom. The largest absolute Gasteiger partial charge is 0.481 e. The summed E-state index contributed by atoms with van der Waals surface area (Å²) >= 11 is 0. The average molecular weight is 596 g/mol. The standard InChI is InChI=1S/C24H30F9N3O4/c25-22(26,27)16-4-3-15(17(12-16)34-8-1-2-18(37)38)13-35-9-5-21(14-35)6-10-36(11-7-21)20(39)40-19(23(28,29)30)24(31,32)33/h3-4,12,19-20,34,39H,1-2,5-11,13-14H2,(H,37,38). The van der Waals surface area contributed by atoms with Crippen LogP contribution in [0.3, 0.4) is 0 Å². The molecule has 2 heterocycles. The number of ether oxygens (including phenoxy) is 1. The SMILES string of the molecule is O=C(O)CCCNc1cc(C(F)(F)F)ccc1CN1CCC2(CCN(C(O)OC(C(F)(F)F)C(F)(F)F)CC2)C1. The Balaban J connectivity index is 1.60. The number of anilines is 1. The molecule has 2 aliphatic rings. The molecule has 3 N–H and O–H groups in total. The van der Waals surface area contributed by atoms with Gasteiger partial charge in [-0.2, -0.15) is 39.5 Å². The maximum Gasteiger partial charge on any atom is 0.423 e. The summed E-state index contributed by atoms with van der Waals surface area (Å²) in [5.74, 6) is -1.03. The lowest BCUT2D eigenvalue weighted by molar-refractivity contribution is -0.367. The number of aliphatic hydroxyl groups is 1. The highest BCUT2D eigenvalue weighted by atomic mass is 19.4. The van der Waals surface area contributed by atoms with E-state index < -0.39 is 42.6 Å².